The van der Waals surface area contributed by atoms with Gasteiger partial charge in [0.2, 0.25) is 11.5 Å². The maximum absolute atomic E-state index is 13.4. The van der Waals surface area contributed by atoms with Crippen LogP contribution in [0.25, 0.3) is 0 Å². The lowest BCUT2D eigenvalue weighted by Gasteiger charge is -2.25. The van der Waals surface area contributed by atoms with Gasteiger partial charge in [0.1, 0.15) is 6.10 Å². The number of aryl methyl sites for hydroxylation is 1. The van der Waals surface area contributed by atoms with Crippen LogP contribution in [0, 0.1) is 0 Å². The van der Waals surface area contributed by atoms with E-state index in [4.69, 9.17) is 33.2 Å². The molecule has 10 heteroatoms. The Hall–Kier alpha value is -3.37. The van der Waals surface area contributed by atoms with Crippen LogP contribution in [0.3, 0.4) is 0 Å². The van der Waals surface area contributed by atoms with Crippen molar-refractivity contribution in [2.45, 2.75) is 57.5 Å². The molecular formula is C34H50N2O8. The summed E-state index contributed by atoms with van der Waals surface area (Å²) in [6, 6.07) is 7.38. The number of hydrogen-bond donors (Lipinski definition) is 0. The summed E-state index contributed by atoms with van der Waals surface area (Å²) in [5, 5.41) is 0. The summed E-state index contributed by atoms with van der Waals surface area (Å²) in [7, 11) is 7.88. The first-order valence-electron chi connectivity index (χ1n) is 15.8. The van der Waals surface area contributed by atoms with Gasteiger partial charge in [0.25, 0.3) is 0 Å². The van der Waals surface area contributed by atoms with Gasteiger partial charge < -0.3 is 43.0 Å². The van der Waals surface area contributed by atoms with E-state index in [1.165, 1.54) is 39.7 Å². The van der Waals surface area contributed by atoms with Gasteiger partial charge in [-0.3, -0.25) is 0 Å². The maximum atomic E-state index is 13.4. The van der Waals surface area contributed by atoms with E-state index in [-0.39, 0.29) is 6.10 Å². The van der Waals surface area contributed by atoms with Gasteiger partial charge >= 0.3 is 5.97 Å². The summed E-state index contributed by atoms with van der Waals surface area (Å²) in [5.74, 6) is 2.79. The van der Waals surface area contributed by atoms with Crippen molar-refractivity contribution in [1.82, 2.24) is 9.80 Å². The number of carbonyl (C=O) groups is 1. The molecule has 0 amide bonds. The fraction of sp³-hybridized carbons (Fsp3) is 0.618. The Morgan fingerprint density at radius 3 is 1.95 bits per heavy atom. The summed E-state index contributed by atoms with van der Waals surface area (Å²) in [6.07, 6.45) is 7.43. The molecule has 0 saturated carbocycles. The van der Waals surface area contributed by atoms with Gasteiger partial charge in [-0.1, -0.05) is 6.42 Å². The first kappa shape index (κ1) is 33.5. The first-order chi connectivity index (χ1) is 21.5. The van der Waals surface area contributed by atoms with Crippen molar-refractivity contribution in [3.8, 4) is 34.5 Å². The molecule has 3 atom stereocenters. The van der Waals surface area contributed by atoms with Crippen molar-refractivity contribution in [1.29, 1.82) is 0 Å². The SMILES string of the molecule is COc1cc(C(=O)OC2CCCOc3cc(cc(OC)c3OC)CCCCCN3CCCN(CC2)CC3)cc(OC)c1OC. The molecule has 3 unspecified atom stereocenters. The highest BCUT2D eigenvalue weighted by Gasteiger charge is 2.23. The van der Waals surface area contributed by atoms with Gasteiger partial charge in [-0.05, 0) is 94.4 Å². The fourth-order valence-corrected chi connectivity index (χ4v) is 6.05. The lowest BCUT2D eigenvalue weighted by Crippen LogP contribution is -2.33. The second-order valence-corrected chi connectivity index (χ2v) is 11.4. The highest BCUT2D eigenvalue weighted by atomic mass is 16.6. The molecule has 1 fully saturated rings. The number of ether oxygens (including phenoxy) is 7. The monoisotopic (exact) mass is 614 g/mol. The summed E-state index contributed by atoms with van der Waals surface area (Å²) in [5.41, 5.74) is 1.53. The Morgan fingerprint density at radius 1 is 0.659 bits per heavy atom. The Morgan fingerprint density at radius 2 is 1.30 bits per heavy atom. The van der Waals surface area contributed by atoms with E-state index in [9.17, 15) is 4.79 Å². The summed E-state index contributed by atoms with van der Waals surface area (Å²) in [6.45, 7) is 6.75. The predicted molar refractivity (Wildman–Crippen MR) is 169 cm³/mol. The van der Waals surface area contributed by atoms with Gasteiger partial charge in [-0.2, -0.15) is 0 Å². The van der Waals surface area contributed by atoms with Crippen LogP contribution in [-0.2, 0) is 11.2 Å². The number of rotatable bonds is 7. The van der Waals surface area contributed by atoms with Crippen LogP contribution in [0.1, 0.15) is 60.9 Å². The minimum Gasteiger partial charge on any atom is -0.493 e. The maximum Gasteiger partial charge on any atom is 0.338 e. The molecule has 0 radical (unpaired) electrons. The van der Waals surface area contributed by atoms with Crippen molar-refractivity contribution in [3.63, 3.8) is 0 Å². The highest BCUT2D eigenvalue weighted by molar-refractivity contribution is 5.91. The molecule has 0 aromatic heterocycles. The lowest BCUT2D eigenvalue weighted by atomic mass is 10.1. The van der Waals surface area contributed by atoms with Crippen molar-refractivity contribution < 1.29 is 38.0 Å². The fourth-order valence-electron chi connectivity index (χ4n) is 6.05. The van der Waals surface area contributed by atoms with Crippen LogP contribution in [0.15, 0.2) is 24.3 Å². The molecule has 2 aromatic carbocycles. The van der Waals surface area contributed by atoms with Crippen LogP contribution in [0.2, 0.25) is 0 Å². The van der Waals surface area contributed by atoms with E-state index in [2.05, 4.69) is 21.9 Å². The lowest BCUT2D eigenvalue weighted by molar-refractivity contribution is 0.0221. The number of fused-ring (bicyclic) bond motifs is 5. The number of esters is 1. The van der Waals surface area contributed by atoms with Crippen molar-refractivity contribution in [2.24, 2.45) is 0 Å². The van der Waals surface area contributed by atoms with Gasteiger partial charge in [0, 0.05) is 19.6 Å². The minimum atomic E-state index is -0.422. The Bertz CT molecular complexity index is 1180. The smallest absolute Gasteiger partial charge is 0.338 e. The molecule has 1 saturated heterocycles. The van der Waals surface area contributed by atoms with E-state index < -0.39 is 5.97 Å². The highest BCUT2D eigenvalue weighted by Crippen LogP contribution is 2.40. The number of methoxy groups -OCH3 is 5. The number of benzene rings is 2. The third kappa shape index (κ3) is 9.08. The zero-order valence-electron chi connectivity index (χ0n) is 27.2. The first-order valence-corrected chi connectivity index (χ1v) is 15.8. The normalized spacial score (nSPS) is 21.8. The molecule has 4 rings (SSSR count). The Kier molecular flexibility index (Phi) is 13.1. The topological polar surface area (TPSA) is 88.2 Å². The third-order valence-electron chi connectivity index (χ3n) is 8.49. The number of carbonyl (C=O) groups excluding carboxylic acids is 1. The molecule has 0 N–H and O–H groups in total. The second-order valence-electron chi connectivity index (χ2n) is 11.4. The van der Waals surface area contributed by atoms with Gasteiger partial charge in [0.05, 0.1) is 47.7 Å². The molecule has 2 aliphatic heterocycles. The van der Waals surface area contributed by atoms with Crippen molar-refractivity contribution in [2.75, 3.05) is 81.4 Å². The molecule has 44 heavy (non-hydrogen) atoms. The second kappa shape index (κ2) is 17.2. The molecule has 10 nitrogen and oxygen atoms in total. The molecule has 4 bridgehead atoms. The van der Waals surface area contributed by atoms with Gasteiger partial charge in [0.15, 0.2) is 23.0 Å². The zero-order chi connectivity index (χ0) is 31.3. The average molecular weight is 615 g/mol. The molecule has 2 aliphatic rings. The molecular weight excluding hydrogens is 564 g/mol. The van der Waals surface area contributed by atoms with Crippen LogP contribution in [-0.4, -0.2) is 103 Å². The summed E-state index contributed by atoms with van der Waals surface area (Å²) < 4.78 is 40.0. The molecule has 244 valence electrons. The van der Waals surface area contributed by atoms with Crippen LogP contribution < -0.4 is 28.4 Å². The largest absolute Gasteiger partial charge is 0.493 e. The van der Waals surface area contributed by atoms with Crippen molar-refractivity contribution >= 4 is 5.97 Å². The van der Waals surface area contributed by atoms with E-state index in [0.717, 1.165) is 65.0 Å². The van der Waals surface area contributed by atoms with Crippen molar-refractivity contribution in [3.05, 3.63) is 35.4 Å². The molecule has 2 aromatic rings. The summed E-state index contributed by atoms with van der Waals surface area (Å²) >= 11 is 0. The predicted octanol–water partition coefficient (Wildman–Crippen LogP) is 5.24. The quantitative estimate of drug-likeness (QED) is 0.386. The Balaban J connectivity index is 1.52. The summed E-state index contributed by atoms with van der Waals surface area (Å²) in [4.78, 5) is 18.5. The van der Waals surface area contributed by atoms with E-state index >= 15 is 0 Å². The minimum absolute atomic E-state index is 0.283. The molecule has 0 aliphatic carbocycles. The molecule has 2 heterocycles. The van der Waals surface area contributed by atoms with Crippen LogP contribution >= 0.6 is 0 Å². The zero-order valence-corrected chi connectivity index (χ0v) is 27.2. The molecule has 0 spiro atoms. The van der Waals surface area contributed by atoms with Gasteiger partial charge in [-0.25, -0.2) is 4.79 Å². The Labute approximate surface area is 262 Å². The average Bonchev–Trinajstić information content (AvgIpc) is 3.28. The van der Waals surface area contributed by atoms with Gasteiger partial charge in [-0.15, -0.1) is 0 Å². The third-order valence-corrected chi connectivity index (χ3v) is 8.49. The van der Waals surface area contributed by atoms with Crippen LogP contribution in [0.5, 0.6) is 34.5 Å². The number of hydrogen-bond acceptors (Lipinski definition) is 10. The van der Waals surface area contributed by atoms with E-state index in [1.54, 1.807) is 26.4 Å². The van der Waals surface area contributed by atoms with E-state index in [0.29, 0.717) is 59.5 Å². The van der Waals surface area contributed by atoms with Crippen LogP contribution in [0.4, 0.5) is 0 Å². The van der Waals surface area contributed by atoms with E-state index in [1.807, 2.05) is 0 Å². The number of nitrogens with zero attached hydrogens (tertiary/aromatic N) is 2. The standard InChI is InChI=1S/C34H50N2O8/c1-38-28-21-25-11-7-6-8-14-35-15-10-16-36(19-18-35)17-13-27(12-9-20-43-31(22-25)33(28)42-5)44-34(37)26-23-29(39-2)32(41-4)30(24-26)40-3/h21-24,27H,6-20H2,1-5H3.